The first-order valence-corrected chi connectivity index (χ1v) is 7.69. The van der Waals surface area contributed by atoms with Crippen molar-refractivity contribution in [3.05, 3.63) is 35.4 Å². The lowest BCUT2D eigenvalue weighted by molar-refractivity contribution is 0.0306. The molecule has 0 fully saturated rings. The standard InChI is InChI=1S/C18H23NO5/c1-18(2,3)24-17(21)19-9-8-13(11-19)12-6-7-15(22-4)14(10-12)16(20)23-5/h6-8,10H,9,11H2,1-5H3. The van der Waals surface area contributed by atoms with Crippen molar-refractivity contribution in [2.45, 2.75) is 26.4 Å². The van der Waals surface area contributed by atoms with Crippen LogP contribution in [0.1, 0.15) is 36.7 Å². The van der Waals surface area contributed by atoms with Gasteiger partial charge in [-0.3, -0.25) is 0 Å². The van der Waals surface area contributed by atoms with Crippen LogP contribution in [-0.2, 0) is 9.47 Å². The Balaban J connectivity index is 2.16. The summed E-state index contributed by atoms with van der Waals surface area (Å²) in [6, 6.07) is 5.29. The van der Waals surface area contributed by atoms with Crippen LogP contribution in [0.2, 0.25) is 0 Å². The number of nitrogens with zero attached hydrogens (tertiary/aromatic N) is 1. The van der Waals surface area contributed by atoms with Crippen LogP contribution in [-0.4, -0.2) is 49.9 Å². The Labute approximate surface area is 142 Å². The Bertz CT molecular complexity index is 672. The van der Waals surface area contributed by atoms with Gasteiger partial charge in [0.2, 0.25) is 0 Å². The van der Waals surface area contributed by atoms with E-state index in [4.69, 9.17) is 14.2 Å². The third-order valence-corrected chi connectivity index (χ3v) is 3.55. The maximum atomic E-state index is 12.1. The molecule has 0 atom stereocenters. The summed E-state index contributed by atoms with van der Waals surface area (Å²) < 4.78 is 15.4. The summed E-state index contributed by atoms with van der Waals surface area (Å²) in [5.41, 5.74) is 1.63. The number of rotatable bonds is 3. The molecule has 1 aliphatic rings. The average molecular weight is 333 g/mol. The van der Waals surface area contributed by atoms with Gasteiger partial charge in [0.1, 0.15) is 16.9 Å². The molecule has 1 aliphatic heterocycles. The van der Waals surface area contributed by atoms with E-state index in [0.29, 0.717) is 24.4 Å². The predicted octanol–water partition coefficient (Wildman–Crippen LogP) is 3.12. The van der Waals surface area contributed by atoms with Crippen molar-refractivity contribution in [3.8, 4) is 5.75 Å². The molecule has 0 saturated carbocycles. The summed E-state index contributed by atoms with van der Waals surface area (Å²) >= 11 is 0. The number of carbonyl (C=O) groups excluding carboxylic acids is 2. The fraction of sp³-hybridized carbons (Fsp3) is 0.444. The quantitative estimate of drug-likeness (QED) is 0.795. The Morgan fingerprint density at radius 2 is 1.88 bits per heavy atom. The fourth-order valence-corrected chi connectivity index (χ4v) is 2.41. The van der Waals surface area contributed by atoms with Crippen molar-refractivity contribution in [2.75, 3.05) is 27.3 Å². The van der Waals surface area contributed by atoms with Gasteiger partial charge < -0.3 is 19.1 Å². The van der Waals surface area contributed by atoms with Crippen LogP contribution in [0.5, 0.6) is 5.75 Å². The van der Waals surface area contributed by atoms with Gasteiger partial charge in [-0.25, -0.2) is 9.59 Å². The van der Waals surface area contributed by atoms with Gasteiger partial charge in [0.05, 0.1) is 14.2 Å². The van der Waals surface area contributed by atoms with E-state index in [9.17, 15) is 9.59 Å². The van der Waals surface area contributed by atoms with Crippen molar-refractivity contribution < 1.29 is 23.8 Å². The highest BCUT2D eigenvalue weighted by Crippen LogP contribution is 2.28. The third-order valence-electron chi connectivity index (χ3n) is 3.55. The molecule has 0 N–H and O–H groups in total. The number of amides is 1. The van der Waals surface area contributed by atoms with Gasteiger partial charge in [-0.15, -0.1) is 0 Å². The lowest BCUT2D eigenvalue weighted by Crippen LogP contribution is -2.35. The number of carbonyl (C=O) groups is 2. The van der Waals surface area contributed by atoms with Gasteiger partial charge >= 0.3 is 12.1 Å². The fourth-order valence-electron chi connectivity index (χ4n) is 2.41. The second-order valence-electron chi connectivity index (χ2n) is 6.50. The first-order chi connectivity index (χ1) is 11.2. The maximum absolute atomic E-state index is 12.1. The van der Waals surface area contributed by atoms with Crippen LogP contribution in [0.3, 0.4) is 0 Å². The van der Waals surface area contributed by atoms with Crippen molar-refractivity contribution >= 4 is 17.6 Å². The molecule has 0 unspecified atom stereocenters. The number of ether oxygens (including phenoxy) is 3. The molecule has 6 nitrogen and oxygen atoms in total. The van der Waals surface area contributed by atoms with E-state index in [1.165, 1.54) is 14.2 Å². The first-order valence-electron chi connectivity index (χ1n) is 7.69. The minimum Gasteiger partial charge on any atom is -0.496 e. The van der Waals surface area contributed by atoms with E-state index in [2.05, 4.69) is 0 Å². The molecule has 0 bridgehead atoms. The first kappa shape index (κ1) is 17.8. The van der Waals surface area contributed by atoms with E-state index in [1.807, 2.05) is 32.9 Å². The summed E-state index contributed by atoms with van der Waals surface area (Å²) in [6.07, 6.45) is 1.60. The van der Waals surface area contributed by atoms with E-state index in [-0.39, 0.29) is 6.09 Å². The molecule has 0 saturated heterocycles. The van der Waals surface area contributed by atoms with Crippen molar-refractivity contribution in [3.63, 3.8) is 0 Å². The van der Waals surface area contributed by atoms with Crippen LogP contribution in [0.25, 0.3) is 5.57 Å². The summed E-state index contributed by atoms with van der Waals surface area (Å²) in [4.78, 5) is 25.6. The van der Waals surface area contributed by atoms with Gasteiger partial charge in [-0.2, -0.15) is 0 Å². The molecule has 2 rings (SSSR count). The van der Waals surface area contributed by atoms with E-state index < -0.39 is 11.6 Å². The molecule has 1 aromatic carbocycles. The molecular formula is C18H23NO5. The average Bonchev–Trinajstić information content (AvgIpc) is 3.02. The Morgan fingerprint density at radius 1 is 1.17 bits per heavy atom. The van der Waals surface area contributed by atoms with Gasteiger partial charge in [-0.05, 0) is 44.0 Å². The highest BCUT2D eigenvalue weighted by atomic mass is 16.6. The largest absolute Gasteiger partial charge is 0.496 e. The maximum Gasteiger partial charge on any atom is 0.410 e. The SMILES string of the molecule is COC(=O)c1cc(C2=CCN(C(=O)OC(C)(C)C)C2)ccc1OC. The third kappa shape index (κ3) is 4.07. The lowest BCUT2D eigenvalue weighted by Gasteiger charge is -2.24. The second-order valence-corrected chi connectivity index (χ2v) is 6.50. The molecule has 0 radical (unpaired) electrons. The van der Waals surface area contributed by atoms with Gasteiger partial charge in [0.15, 0.2) is 0 Å². The summed E-state index contributed by atoms with van der Waals surface area (Å²) in [6.45, 7) is 6.41. The zero-order chi connectivity index (χ0) is 17.9. The molecule has 0 aliphatic carbocycles. The number of hydrogen-bond donors (Lipinski definition) is 0. The zero-order valence-electron chi connectivity index (χ0n) is 14.7. The van der Waals surface area contributed by atoms with Crippen LogP contribution >= 0.6 is 0 Å². The molecule has 1 heterocycles. The highest BCUT2D eigenvalue weighted by molar-refractivity contribution is 5.94. The zero-order valence-corrected chi connectivity index (χ0v) is 14.7. The van der Waals surface area contributed by atoms with E-state index in [0.717, 1.165) is 11.1 Å². The molecule has 6 heteroatoms. The monoisotopic (exact) mass is 333 g/mol. The molecule has 130 valence electrons. The van der Waals surface area contributed by atoms with Gasteiger partial charge in [0.25, 0.3) is 0 Å². The number of esters is 1. The Hall–Kier alpha value is -2.50. The Kier molecular flexibility index (Phi) is 5.17. The van der Waals surface area contributed by atoms with Crippen LogP contribution in [0.15, 0.2) is 24.3 Å². The van der Waals surface area contributed by atoms with Crippen LogP contribution in [0, 0.1) is 0 Å². The minimum atomic E-state index is -0.530. The summed E-state index contributed by atoms with van der Waals surface area (Å²) in [7, 11) is 2.83. The molecular weight excluding hydrogens is 310 g/mol. The molecule has 0 spiro atoms. The lowest BCUT2D eigenvalue weighted by atomic mass is 10.0. The number of benzene rings is 1. The number of hydrogen-bond acceptors (Lipinski definition) is 5. The van der Waals surface area contributed by atoms with Gasteiger partial charge in [-0.1, -0.05) is 12.1 Å². The van der Waals surface area contributed by atoms with E-state index in [1.54, 1.807) is 17.0 Å². The van der Waals surface area contributed by atoms with Crippen molar-refractivity contribution in [1.29, 1.82) is 0 Å². The van der Waals surface area contributed by atoms with Crippen LogP contribution < -0.4 is 4.74 Å². The Morgan fingerprint density at radius 3 is 2.46 bits per heavy atom. The smallest absolute Gasteiger partial charge is 0.410 e. The predicted molar refractivity (Wildman–Crippen MR) is 90.1 cm³/mol. The highest BCUT2D eigenvalue weighted by Gasteiger charge is 2.26. The molecule has 1 aromatic rings. The van der Waals surface area contributed by atoms with Crippen molar-refractivity contribution in [2.24, 2.45) is 0 Å². The minimum absolute atomic E-state index is 0.351. The van der Waals surface area contributed by atoms with Crippen molar-refractivity contribution in [1.82, 2.24) is 4.90 Å². The summed E-state index contributed by atoms with van der Waals surface area (Å²) in [5, 5.41) is 0. The summed E-state index contributed by atoms with van der Waals surface area (Å²) in [5.74, 6) is -0.00973. The molecule has 0 aromatic heterocycles. The number of methoxy groups -OCH3 is 2. The second kappa shape index (κ2) is 6.95. The topological polar surface area (TPSA) is 65.1 Å². The van der Waals surface area contributed by atoms with Crippen LogP contribution in [0.4, 0.5) is 4.79 Å². The molecule has 1 amide bonds. The normalized spacial score (nSPS) is 14.2. The van der Waals surface area contributed by atoms with Gasteiger partial charge in [0, 0.05) is 13.1 Å². The molecule has 24 heavy (non-hydrogen) atoms. The van der Waals surface area contributed by atoms with E-state index >= 15 is 0 Å².